The van der Waals surface area contributed by atoms with Crippen molar-refractivity contribution < 1.29 is 9.47 Å². The summed E-state index contributed by atoms with van der Waals surface area (Å²) < 4.78 is 12.5. The van der Waals surface area contributed by atoms with Gasteiger partial charge in [-0.3, -0.25) is 4.57 Å². The molecule has 2 aromatic carbocycles. The zero-order valence-electron chi connectivity index (χ0n) is 14.2. The van der Waals surface area contributed by atoms with Crippen LogP contribution in [0.3, 0.4) is 0 Å². The molecule has 5 nitrogen and oxygen atoms in total. The minimum Gasteiger partial charge on any atom is -0.493 e. The Bertz CT molecular complexity index is 931. The lowest BCUT2D eigenvalue weighted by molar-refractivity contribution is 0.355. The van der Waals surface area contributed by atoms with Crippen molar-refractivity contribution in [2.24, 2.45) is 0 Å². The van der Waals surface area contributed by atoms with Gasteiger partial charge in [0.2, 0.25) is 0 Å². The fraction of sp³-hybridized carbons (Fsp3) is 0.263. The molecule has 0 fully saturated rings. The smallest absolute Gasteiger partial charge is 0.348 e. The van der Waals surface area contributed by atoms with Gasteiger partial charge in [0.1, 0.15) is 0 Å². The first kappa shape index (κ1) is 16.1. The normalized spacial score (nSPS) is 11.0. The van der Waals surface area contributed by atoms with E-state index in [-0.39, 0.29) is 11.7 Å². The van der Waals surface area contributed by atoms with Crippen molar-refractivity contribution in [3.63, 3.8) is 0 Å². The Morgan fingerprint density at radius 2 is 1.62 bits per heavy atom. The lowest BCUT2D eigenvalue weighted by atomic mass is 10.1. The van der Waals surface area contributed by atoms with Crippen molar-refractivity contribution >= 4 is 10.9 Å². The van der Waals surface area contributed by atoms with Gasteiger partial charge in [0.05, 0.1) is 25.4 Å². The second-order valence-corrected chi connectivity index (χ2v) is 5.80. The topological polar surface area (TPSA) is 53.3 Å². The molecular formula is C19H20N2O3. The molecular weight excluding hydrogens is 304 g/mol. The average Bonchev–Trinajstić information content (AvgIpc) is 2.60. The van der Waals surface area contributed by atoms with E-state index in [1.54, 1.807) is 18.8 Å². The second kappa shape index (κ2) is 6.35. The van der Waals surface area contributed by atoms with Gasteiger partial charge < -0.3 is 9.47 Å². The summed E-state index contributed by atoms with van der Waals surface area (Å²) in [6.45, 7) is 3.92. The van der Waals surface area contributed by atoms with E-state index in [1.807, 2.05) is 56.3 Å². The average molecular weight is 324 g/mol. The standard InChI is InChI=1S/C19H20N2O3/c1-12(2)21-15-11-17(24-4)16(23-3)10-14(15)18(20-19(21)22)13-8-6-5-7-9-13/h5-12H,1-4H3. The number of benzene rings is 2. The van der Waals surface area contributed by atoms with Gasteiger partial charge in [0, 0.05) is 23.1 Å². The molecule has 0 bridgehead atoms. The molecule has 0 aliphatic heterocycles. The summed E-state index contributed by atoms with van der Waals surface area (Å²) in [6, 6.07) is 13.4. The van der Waals surface area contributed by atoms with Gasteiger partial charge in [-0.25, -0.2) is 4.79 Å². The highest BCUT2D eigenvalue weighted by Crippen LogP contribution is 2.36. The Hall–Kier alpha value is -2.82. The van der Waals surface area contributed by atoms with E-state index in [4.69, 9.17) is 9.47 Å². The van der Waals surface area contributed by atoms with Crippen molar-refractivity contribution in [3.05, 3.63) is 52.9 Å². The first-order chi connectivity index (χ1) is 11.6. The molecule has 1 heterocycles. The lowest BCUT2D eigenvalue weighted by Crippen LogP contribution is -2.25. The molecule has 24 heavy (non-hydrogen) atoms. The molecule has 3 rings (SSSR count). The number of aromatic nitrogens is 2. The van der Waals surface area contributed by atoms with Crippen molar-refractivity contribution in [3.8, 4) is 22.8 Å². The highest BCUT2D eigenvalue weighted by molar-refractivity contribution is 5.94. The number of rotatable bonds is 4. The molecule has 0 saturated heterocycles. The van der Waals surface area contributed by atoms with Crippen LogP contribution in [0, 0.1) is 0 Å². The molecule has 1 aromatic heterocycles. The van der Waals surface area contributed by atoms with E-state index in [2.05, 4.69) is 4.98 Å². The third-order valence-corrected chi connectivity index (χ3v) is 3.99. The minimum absolute atomic E-state index is 0.0181. The molecule has 0 atom stereocenters. The second-order valence-electron chi connectivity index (χ2n) is 5.80. The summed E-state index contributed by atoms with van der Waals surface area (Å²) in [5, 5.41) is 0.854. The molecule has 5 heteroatoms. The molecule has 124 valence electrons. The van der Waals surface area contributed by atoms with Gasteiger partial charge in [0.25, 0.3) is 0 Å². The molecule has 0 radical (unpaired) electrons. The predicted octanol–water partition coefficient (Wildman–Crippen LogP) is 3.66. The summed E-state index contributed by atoms with van der Waals surface area (Å²) in [5.74, 6) is 1.20. The quantitative estimate of drug-likeness (QED) is 0.735. The van der Waals surface area contributed by atoms with Gasteiger partial charge in [-0.1, -0.05) is 30.3 Å². The van der Waals surface area contributed by atoms with Gasteiger partial charge in [-0.15, -0.1) is 0 Å². The van der Waals surface area contributed by atoms with Crippen molar-refractivity contribution in [2.45, 2.75) is 19.9 Å². The molecule has 3 aromatic rings. The fourth-order valence-corrected chi connectivity index (χ4v) is 2.89. The summed E-state index contributed by atoms with van der Waals surface area (Å²) >= 11 is 0. The molecule has 0 spiro atoms. The molecule has 0 aliphatic rings. The highest BCUT2D eigenvalue weighted by atomic mass is 16.5. The van der Waals surface area contributed by atoms with E-state index < -0.39 is 0 Å². The van der Waals surface area contributed by atoms with Crippen LogP contribution in [0.15, 0.2) is 47.3 Å². The summed E-state index contributed by atoms with van der Waals surface area (Å²) in [5.41, 5.74) is 2.04. The third kappa shape index (κ3) is 2.62. The van der Waals surface area contributed by atoms with Crippen molar-refractivity contribution in [1.82, 2.24) is 9.55 Å². The van der Waals surface area contributed by atoms with E-state index in [1.165, 1.54) is 0 Å². The summed E-state index contributed by atoms with van der Waals surface area (Å²) in [7, 11) is 3.18. The van der Waals surface area contributed by atoms with Crippen LogP contribution in [0.25, 0.3) is 22.2 Å². The first-order valence-corrected chi connectivity index (χ1v) is 7.80. The molecule has 0 unspecified atom stereocenters. The highest BCUT2D eigenvalue weighted by Gasteiger charge is 2.17. The number of nitrogens with zero attached hydrogens (tertiary/aromatic N) is 2. The molecule has 0 saturated carbocycles. The third-order valence-electron chi connectivity index (χ3n) is 3.99. The molecule has 0 aliphatic carbocycles. The van der Waals surface area contributed by atoms with Crippen LogP contribution in [-0.4, -0.2) is 23.8 Å². The van der Waals surface area contributed by atoms with E-state index in [0.717, 1.165) is 16.5 Å². The van der Waals surface area contributed by atoms with Crippen LogP contribution in [0.2, 0.25) is 0 Å². The van der Waals surface area contributed by atoms with Crippen LogP contribution in [-0.2, 0) is 0 Å². The van der Waals surface area contributed by atoms with Crippen molar-refractivity contribution in [2.75, 3.05) is 14.2 Å². The largest absolute Gasteiger partial charge is 0.493 e. The zero-order chi connectivity index (χ0) is 17.3. The Balaban J connectivity index is 2.46. The van der Waals surface area contributed by atoms with Crippen LogP contribution in [0.5, 0.6) is 11.5 Å². The van der Waals surface area contributed by atoms with E-state index >= 15 is 0 Å². The Kier molecular flexibility index (Phi) is 4.25. The maximum Gasteiger partial charge on any atom is 0.348 e. The summed E-state index contributed by atoms with van der Waals surface area (Å²) in [4.78, 5) is 16.9. The Morgan fingerprint density at radius 3 is 2.21 bits per heavy atom. The Labute approximate surface area is 140 Å². The van der Waals surface area contributed by atoms with Crippen LogP contribution in [0.4, 0.5) is 0 Å². The number of hydrogen-bond acceptors (Lipinski definition) is 4. The number of fused-ring (bicyclic) bond motifs is 1. The SMILES string of the molecule is COc1cc2c(-c3ccccc3)nc(=O)n(C(C)C)c2cc1OC. The van der Waals surface area contributed by atoms with Gasteiger partial charge in [-0.05, 0) is 19.9 Å². The molecule has 0 N–H and O–H groups in total. The maximum absolute atomic E-state index is 12.6. The molecule has 0 amide bonds. The maximum atomic E-state index is 12.6. The lowest BCUT2D eigenvalue weighted by Gasteiger charge is -2.18. The van der Waals surface area contributed by atoms with Gasteiger partial charge >= 0.3 is 5.69 Å². The van der Waals surface area contributed by atoms with Crippen LogP contribution >= 0.6 is 0 Å². The Morgan fingerprint density at radius 1 is 1.00 bits per heavy atom. The van der Waals surface area contributed by atoms with E-state index in [9.17, 15) is 4.79 Å². The van der Waals surface area contributed by atoms with Crippen molar-refractivity contribution in [1.29, 1.82) is 0 Å². The number of methoxy groups -OCH3 is 2. The minimum atomic E-state index is -0.274. The number of ether oxygens (including phenoxy) is 2. The number of hydrogen-bond donors (Lipinski definition) is 0. The van der Waals surface area contributed by atoms with Crippen LogP contribution in [0.1, 0.15) is 19.9 Å². The monoisotopic (exact) mass is 324 g/mol. The predicted molar refractivity (Wildman–Crippen MR) is 94.9 cm³/mol. The zero-order valence-corrected chi connectivity index (χ0v) is 14.2. The summed E-state index contributed by atoms with van der Waals surface area (Å²) in [6.07, 6.45) is 0. The first-order valence-electron chi connectivity index (χ1n) is 7.80. The van der Waals surface area contributed by atoms with Gasteiger partial charge in [-0.2, -0.15) is 4.98 Å². The van der Waals surface area contributed by atoms with Crippen LogP contribution < -0.4 is 15.2 Å². The fourth-order valence-electron chi connectivity index (χ4n) is 2.89. The van der Waals surface area contributed by atoms with E-state index in [0.29, 0.717) is 17.2 Å². The van der Waals surface area contributed by atoms with Gasteiger partial charge in [0.15, 0.2) is 11.5 Å².